The third kappa shape index (κ3) is 4.42. The highest BCUT2D eigenvalue weighted by Crippen LogP contribution is 2.45. The fraction of sp³-hybridized carbons (Fsp3) is 0.478. The molecule has 1 heterocycles. The molecular weight excluding hydrogens is 352 g/mol. The Morgan fingerprint density at radius 3 is 2.74 bits per heavy atom. The molecule has 0 saturated heterocycles. The number of hydrogen-bond acceptors (Lipinski definition) is 3. The highest BCUT2D eigenvalue weighted by atomic mass is 32.1. The molecule has 1 atom stereocenters. The van der Waals surface area contributed by atoms with Crippen LogP contribution in [0.5, 0.6) is 0 Å². The Labute approximate surface area is 166 Å². The van der Waals surface area contributed by atoms with Crippen molar-refractivity contribution in [2.45, 2.75) is 59.3 Å². The third-order valence-corrected chi connectivity index (χ3v) is 7.30. The Morgan fingerprint density at radius 2 is 2.07 bits per heavy atom. The zero-order valence-electron chi connectivity index (χ0n) is 16.5. The molecule has 0 saturated carbocycles. The number of nitrogens with one attached hydrogen (secondary N) is 1. The normalized spacial score (nSPS) is 16.4. The lowest BCUT2D eigenvalue weighted by molar-refractivity contribution is -0.116. The highest BCUT2D eigenvalue weighted by molar-refractivity contribution is 7.16. The van der Waals surface area contributed by atoms with Crippen molar-refractivity contribution < 1.29 is 4.79 Å². The molecule has 1 N–H and O–H groups in total. The van der Waals surface area contributed by atoms with Crippen molar-refractivity contribution >= 4 is 22.2 Å². The largest absolute Gasteiger partial charge is 0.317 e. The van der Waals surface area contributed by atoms with Crippen LogP contribution in [-0.4, -0.2) is 5.91 Å². The summed E-state index contributed by atoms with van der Waals surface area (Å²) in [5.74, 6) is 0.626. The number of aryl methyl sites for hydroxylation is 1. The van der Waals surface area contributed by atoms with E-state index >= 15 is 0 Å². The first-order chi connectivity index (χ1) is 12.9. The van der Waals surface area contributed by atoms with Crippen molar-refractivity contribution in [3.63, 3.8) is 0 Å². The summed E-state index contributed by atoms with van der Waals surface area (Å²) in [5.41, 5.74) is 3.33. The quantitative estimate of drug-likeness (QED) is 0.695. The van der Waals surface area contributed by atoms with Crippen molar-refractivity contribution in [3.05, 3.63) is 51.9 Å². The molecule has 0 unspecified atom stereocenters. The van der Waals surface area contributed by atoms with Crippen molar-refractivity contribution in [2.75, 3.05) is 5.32 Å². The lowest BCUT2D eigenvalue weighted by atomic mass is 9.69. The van der Waals surface area contributed by atoms with Crippen LogP contribution in [0.1, 0.15) is 61.6 Å². The molecule has 1 aliphatic rings. The second kappa shape index (κ2) is 8.27. The summed E-state index contributed by atoms with van der Waals surface area (Å²) < 4.78 is 0. The number of anilines is 1. The highest BCUT2D eigenvalue weighted by Gasteiger charge is 2.34. The van der Waals surface area contributed by atoms with E-state index in [0.29, 0.717) is 29.7 Å². The van der Waals surface area contributed by atoms with Crippen LogP contribution in [0.3, 0.4) is 0 Å². The van der Waals surface area contributed by atoms with Gasteiger partial charge in [-0.05, 0) is 48.1 Å². The van der Waals surface area contributed by atoms with Gasteiger partial charge in [-0.1, -0.05) is 57.5 Å². The van der Waals surface area contributed by atoms with Crippen molar-refractivity contribution in [3.8, 4) is 6.07 Å². The smallest absolute Gasteiger partial charge is 0.225 e. The minimum atomic E-state index is -0.0145. The number of amides is 1. The summed E-state index contributed by atoms with van der Waals surface area (Å²) in [6.07, 6.45) is 5.40. The molecule has 1 amide bonds. The first-order valence-electron chi connectivity index (χ1n) is 9.83. The molecule has 4 heteroatoms. The first-order valence-corrected chi connectivity index (χ1v) is 10.6. The number of thiophene rings is 1. The summed E-state index contributed by atoms with van der Waals surface area (Å²) in [6.45, 7) is 6.94. The summed E-state index contributed by atoms with van der Waals surface area (Å²) >= 11 is 1.61. The maximum atomic E-state index is 12.4. The predicted molar refractivity (Wildman–Crippen MR) is 112 cm³/mol. The average Bonchev–Trinajstić information content (AvgIpc) is 3.03. The lowest BCUT2D eigenvalue weighted by Crippen LogP contribution is -2.28. The van der Waals surface area contributed by atoms with Crippen LogP contribution in [0.2, 0.25) is 0 Å². The fourth-order valence-electron chi connectivity index (χ4n) is 3.84. The molecule has 0 aliphatic heterocycles. The predicted octanol–water partition coefficient (Wildman–Crippen LogP) is 5.73. The number of nitrogens with zero attached hydrogens (tertiary/aromatic N) is 1. The number of benzene rings is 1. The van der Waals surface area contributed by atoms with Crippen LogP contribution >= 0.6 is 11.3 Å². The minimum absolute atomic E-state index is 0.0145. The van der Waals surface area contributed by atoms with Gasteiger partial charge in [-0.25, -0.2) is 0 Å². The topological polar surface area (TPSA) is 52.9 Å². The molecule has 3 rings (SSSR count). The lowest BCUT2D eigenvalue weighted by Gasteiger charge is -2.36. The maximum absolute atomic E-state index is 12.4. The van der Waals surface area contributed by atoms with Gasteiger partial charge in [0.2, 0.25) is 5.91 Å². The Kier molecular flexibility index (Phi) is 6.01. The molecular formula is C23H28N2OS. The Hall–Kier alpha value is -2.12. The monoisotopic (exact) mass is 380 g/mol. The molecule has 3 nitrogen and oxygen atoms in total. The second-order valence-electron chi connectivity index (χ2n) is 8.14. The minimum Gasteiger partial charge on any atom is -0.317 e. The molecule has 0 fully saturated rings. The summed E-state index contributed by atoms with van der Waals surface area (Å²) in [6, 6.07) is 12.4. The van der Waals surface area contributed by atoms with Crippen LogP contribution in [0.25, 0.3) is 0 Å². The third-order valence-electron chi connectivity index (χ3n) is 6.13. The standard InChI is InChI=1S/C23H28N2OS/c1-4-23(2,3)17-11-12-18-19(15-24)22(27-20(18)14-17)25-21(26)13-10-16-8-6-5-7-9-16/h5-9,17H,4,10-14H2,1-3H3,(H,25,26)/t17-/m0/s1. The Morgan fingerprint density at radius 1 is 1.33 bits per heavy atom. The maximum Gasteiger partial charge on any atom is 0.225 e. The fourth-order valence-corrected chi connectivity index (χ4v) is 5.13. The summed E-state index contributed by atoms with van der Waals surface area (Å²) in [5, 5.41) is 13.4. The van der Waals surface area contributed by atoms with Gasteiger partial charge in [0.05, 0.1) is 5.56 Å². The van der Waals surface area contributed by atoms with Gasteiger partial charge < -0.3 is 5.32 Å². The van der Waals surface area contributed by atoms with E-state index in [4.69, 9.17) is 0 Å². The first kappa shape index (κ1) is 19.6. The average molecular weight is 381 g/mol. The van der Waals surface area contributed by atoms with E-state index in [9.17, 15) is 10.1 Å². The van der Waals surface area contributed by atoms with Crippen molar-refractivity contribution in [1.29, 1.82) is 5.26 Å². The number of nitriles is 1. The van der Waals surface area contributed by atoms with E-state index in [-0.39, 0.29) is 5.91 Å². The van der Waals surface area contributed by atoms with Crippen LogP contribution in [-0.2, 0) is 24.1 Å². The molecule has 142 valence electrons. The van der Waals surface area contributed by atoms with Gasteiger partial charge in [0.25, 0.3) is 0 Å². The van der Waals surface area contributed by atoms with Crippen molar-refractivity contribution in [1.82, 2.24) is 0 Å². The van der Waals surface area contributed by atoms with Crippen molar-refractivity contribution in [2.24, 2.45) is 11.3 Å². The van der Waals surface area contributed by atoms with Gasteiger partial charge in [0, 0.05) is 11.3 Å². The Balaban J connectivity index is 1.70. The van der Waals surface area contributed by atoms with Crippen LogP contribution in [0.4, 0.5) is 5.00 Å². The van der Waals surface area contributed by atoms with Crippen LogP contribution in [0.15, 0.2) is 30.3 Å². The van der Waals surface area contributed by atoms with Crippen LogP contribution < -0.4 is 5.32 Å². The zero-order valence-corrected chi connectivity index (χ0v) is 17.3. The van der Waals surface area contributed by atoms with Gasteiger partial charge >= 0.3 is 0 Å². The number of rotatable bonds is 6. The van der Waals surface area contributed by atoms with E-state index < -0.39 is 0 Å². The van der Waals surface area contributed by atoms with Gasteiger partial charge in [0.15, 0.2) is 0 Å². The molecule has 1 aliphatic carbocycles. The summed E-state index contributed by atoms with van der Waals surface area (Å²) in [4.78, 5) is 13.7. The van der Waals surface area contributed by atoms with Gasteiger partial charge in [-0.3, -0.25) is 4.79 Å². The molecule has 1 aromatic heterocycles. The summed E-state index contributed by atoms with van der Waals surface area (Å²) in [7, 11) is 0. The molecule has 2 aromatic rings. The van der Waals surface area contributed by atoms with E-state index in [1.807, 2.05) is 30.3 Å². The molecule has 0 spiro atoms. The zero-order chi connectivity index (χ0) is 19.4. The SMILES string of the molecule is CCC(C)(C)[C@H]1CCc2c(sc(NC(=O)CCc3ccccc3)c2C#N)C1. The molecule has 27 heavy (non-hydrogen) atoms. The Bertz CT molecular complexity index is 845. The van der Waals surface area contributed by atoms with E-state index in [1.54, 1.807) is 11.3 Å². The van der Waals surface area contributed by atoms with Gasteiger partial charge in [0.1, 0.15) is 11.1 Å². The van der Waals surface area contributed by atoms with E-state index in [0.717, 1.165) is 36.2 Å². The van der Waals surface area contributed by atoms with Gasteiger partial charge in [-0.15, -0.1) is 11.3 Å². The number of fused-ring (bicyclic) bond motifs is 1. The molecule has 0 radical (unpaired) electrons. The number of carbonyl (C=O) groups is 1. The van der Waals surface area contributed by atoms with E-state index in [1.165, 1.54) is 10.4 Å². The number of hydrogen-bond donors (Lipinski definition) is 1. The molecule has 0 bridgehead atoms. The molecule has 1 aromatic carbocycles. The van der Waals surface area contributed by atoms with Crippen LogP contribution in [0, 0.1) is 22.7 Å². The van der Waals surface area contributed by atoms with Gasteiger partial charge in [-0.2, -0.15) is 5.26 Å². The second-order valence-corrected chi connectivity index (χ2v) is 9.24. The van der Waals surface area contributed by atoms with E-state index in [2.05, 4.69) is 32.2 Å². The number of carbonyl (C=O) groups excluding carboxylic acids is 1.